The van der Waals surface area contributed by atoms with E-state index in [1.165, 1.54) is 4.31 Å². The van der Waals surface area contributed by atoms with Crippen molar-refractivity contribution in [3.63, 3.8) is 0 Å². The first-order chi connectivity index (χ1) is 16.4. The average Bonchev–Trinajstić information content (AvgIpc) is 2.89. The Balaban J connectivity index is 1.54. The maximum atomic E-state index is 13.1. The van der Waals surface area contributed by atoms with Gasteiger partial charge in [-0.05, 0) is 37.9 Å². The third-order valence-corrected chi connectivity index (χ3v) is 8.67. The molecule has 34 heavy (non-hydrogen) atoms. The molecule has 2 heterocycles. The van der Waals surface area contributed by atoms with E-state index in [1.807, 2.05) is 0 Å². The number of amides is 2. The van der Waals surface area contributed by atoms with Crippen LogP contribution in [-0.2, 0) is 19.6 Å². The minimum absolute atomic E-state index is 0.0156. The van der Waals surface area contributed by atoms with Crippen molar-refractivity contribution in [2.24, 2.45) is 5.92 Å². The minimum atomic E-state index is -3.69. The molecule has 0 aliphatic carbocycles. The molecule has 1 aromatic carbocycles. The van der Waals surface area contributed by atoms with Crippen LogP contribution in [0.5, 0.6) is 0 Å². The van der Waals surface area contributed by atoms with Crippen LogP contribution in [0.2, 0.25) is 0 Å². The molecule has 0 radical (unpaired) electrons. The molecule has 2 aliphatic heterocycles. The summed E-state index contributed by atoms with van der Waals surface area (Å²) in [5, 5.41) is 5.91. The Hall–Kier alpha value is -2.01. The molecule has 2 saturated heterocycles. The quantitative estimate of drug-likeness (QED) is 0.581. The summed E-state index contributed by atoms with van der Waals surface area (Å²) >= 11 is 0. The molecule has 2 fully saturated rings. The molecule has 1 atom stereocenters. The van der Waals surface area contributed by atoms with Crippen LogP contribution in [0.1, 0.15) is 32.6 Å². The van der Waals surface area contributed by atoms with E-state index in [9.17, 15) is 18.0 Å². The summed E-state index contributed by atoms with van der Waals surface area (Å²) in [4.78, 5) is 30.2. The first kappa shape index (κ1) is 26.6. The molecule has 2 amide bonds. The van der Waals surface area contributed by atoms with Gasteiger partial charge in [-0.15, -0.1) is 0 Å². The molecule has 10 heteroatoms. The number of rotatable bonds is 7. The van der Waals surface area contributed by atoms with Gasteiger partial charge in [0.05, 0.1) is 4.90 Å². The van der Waals surface area contributed by atoms with E-state index in [1.54, 1.807) is 30.3 Å². The van der Waals surface area contributed by atoms with Gasteiger partial charge in [0.15, 0.2) is 0 Å². The number of nitrogens with one attached hydrogen (secondary N) is 2. The van der Waals surface area contributed by atoms with Crippen LogP contribution in [0.25, 0.3) is 0 Å². The number of likely N-dealkylation sites (N-methyl/N-ethyl adjacent to an activating group) is 1. The summed E-state index contributed by atoms with van der Waals surface area (Å²) in [5.41, 5.74) is 0. The van der Waals surface area contributed by atoms with Crippen molar-refractivity contribution >= 4 is 21.8 Å². The molecule has 9 nitrogen and oxygen atoms in total. The van der Waals surface area contributed by atoms with E-state index in [2.05, 4.69) is 27.4 Å². The largest absolute Gasteiger partial charge is 0.356 e. The van der Waals surface area contributed by atoms with Crippen LogP contribution in [-0.4, -0.2) is 99.8 Å². The Bertz CT molecular complexity index is 888. The SMILES string of the molecule is CCN1CCN(CCNC(=O)C2CCCN(S(=O)(=O)c3ccccc3)CCC(=O)NCC2)CC1. The summed E-state index contributed by atoms with van der Waals surface area (Å²) in [6.07, 6.45) is 1.81. The van der Waals surface area contributed by atoms with Gasteiger partial charge in [0, 0.05) is 71.2 Å². The van der Waals surface area contributed by atoms with E-state index >= 15 is 0 Å². The number of piperazine rings is 1. The van der Waals surface area contributed by atoms with Crippen molar-refractivity contribution in [1.82, 2.24) is 24.7 Å². The normalized spacial score (nSPS) is 22.5. The molecule has 0 spiro atoms. The highest BCUT2D eigenvalue weighted by atomic mass is 32.2. The maximum absolute atomic E-state index is 13.1. The highest BCUT2D eigenvalue weighted by Gasteiger charge is 2.27. The average molecular weight is 494 g/mol. The van der Waals surface area contributed by atoms with Gasteiger partial charge in [-0.3, -0.25) is 14.5 Å². The van der Waals surface area contributed by atoms with Gasteiger partial charge < -0.3 is 15.5 Å². The Kier molecular flexibility index (Phi) is 10.3. The topological polar surface area (TPSA) is 102 Å². The van der Waals surface area contributed by atoms with Gasteiger partial charge in [0.2, 0.25) is 21.8 Å². The summed E-state index contributed by atoms with van der Waals surface area (Å²) in [7, 11) is -3.69. The molecule has 0 bridgehead atoms. The zero-order chi connectivity index (χ0) is 24.4. The van der Waals surface area contributed by atoms with Gasteiger partial charge in [-0.25, -0.2) is 8.42 Å². The maximum Gasteiger partial charge on any atom is 0.243 e. The third kappa shape index (κ3) is 7.76. The lowest BCUT2D eigenvalue weighted by atomic mass is 9.98. The van der Waals surface area contributed by atoms with Gasteiger partial charge in [0.25, 0.3) is 0 Å². The molecule has 2 aliphatic rings. The molecule has 0 aromatic heterocycles. The summed E-state index contributed by atoms with van der Waals surface area (Å²) in [6, 6.07) is 8.29. The van der Waals surface area contributed by atoms with Crippen molar-refractivity contribution in [3.05, 3.63) is 30.3 Å². The van der Waals surface area contributed by atoms with E-state index < -0.39 is 10.0 Å². The molecule has 190 valence electrons. The van der Waals surface area contributed by atoms with Gasteiger partial charge in [0.1, 0.15) is 0 Å². The number of hydrogen-bond acceptors (Lipinski definition) is 6. The number of nitrogens with zero attached hydrogens (tertiary/aromatic N) is 3. The number of benzene rings is 1. The van der Waals surface area contributed by atoms with Gasteiger partial charge in [-0.2, -0.15) is 4.31 Å². The molecule has 2 N–H and O–H groups in total. The lowest BCUT2D eigenvalue weighted by Crippen LogP contribution is -2.48. The molecule has 1 aromatic rings. The Morgan fingerprint density at radius 1 is 1.03 bits per heavy atom. The van der Waals surface area contributed by atoms with Crippen LogP contribution in [0.4, 0.5) is 0 Å². The smallest absolute Gasteiger partial charge is 0.243 e. The van der Waals surface area contributed by atoms with Crippen molar-refractivity contribution < 1.29 is 18.0 Å². The van der Waals surface area contributed by atoms with Gasteiger partial charge in [-0.1, -0.05) is 25.1 Å². The van der Waals surface area contributed by atoms with E-state index in [0.29, 0.717) is 32.4 Å². The van der Waals surface area contributed by atoms with Crippen LogP contribution in [0.15, 0.2) is 35.2 Å². The highest BCUT2D eigenvalue weighted by molar-refractivity contribution is 7.89. The second-order valence-electron chi connectivity index (χ2n) is 9.01. The lowest BCUT2D eigenvalue weighted by Gasteiger charge is -2.34. The fourth-order valence-corrected chi connectivity index (χ4v) is 6.03. The van der Waals surface area contributed by atoms with E-state index in [-0.39, 0.29) is 42.1 Å². The predicted molar refractivity (Wildman–Crippen MR) is 132 cm³/mol. The number of sulfonamides is 1. The first-order valence-corrected chi connectivity index (χ1v) is 13.9. The molecule has 1 unspecified atom stereocenters. The lowest BCUT2D eigenvalue weighted by molar-refractivity contribution is -0.126. The van der Waals surface area contributed by atoms with Crippen LogP contribution < -0.4 is 10.6 Å². The van der Waals surface area contributed by atoms with Crippen molar-refractivity contribution in [1.29, 1.82) is 0 Å². The minimum Gasteiger partial charge on any atom is -0.356 e. The highest BCUT2D eigenvalue weighted by Crippen LogP contribution is 2.19. The number of carbonyl (C=O) groups is 2. The second kappa shape index (κ2) is 13.2. The third-order valence-electron chi connectivity index (χ3n) is 6.75. The van der Waals surface area contributed by atoms with Crippen LogP contribution in [0, 0.1) is 5.92 Å². The van der Waals surface area contributed by atoms with E-state index in [0.717, 1.165) is 39.3 Å². The van der Waals surface area contributed by atoms with Gasteiger partial charge >= 0.3 is 0 Å². The fourth-order valence-electron chi connectivity index (χ4n) is 4.53. The second-order valence-corrected chi connectivity index (χ2v) is 10.9. The van der Waals surface area contributed by atoms with Crippen molar-refractivity contribution in [2.75, 3.05) is 65.4 Å². The van der Waals surface area contributed by atoms with Crippen LogP contribution in [0.3, 0.4) is 0 Å². The number of carbonyl (C=O) groups excluding carboxylic acids is 2. The predicted octanol–water partition coefficient (Wildman–Crippen LogP) is 0.737. The zero-order valence-corrected chi connectivity index (χ0v) is 21.1. The molecule has 0 saturated carbocycles. The summed E-state index contributed by atoms with van der Waals surface area (Å²) in [5.74, 6) is -0.463. The Morgan fingerprint density at radius 2 is 1.74 bits per heavy atom. The van der Waals surface area contributed by atoms with Crippen molar-refractivity contribution in [2.45, 2.75) is 37.5 Å². The standard InChI is InChI=1S/C24H39N5O4S/c1-2-27-17-19-28(20-18-27)16-13-26-24(31)21-7-6-14-29(15-11-23(30)25-12-10-21)34(32,33)22-8-4-3-5-9-22/h3-5,8-9,21H,2,6-7,10-20H2,1H3,(H,25,30)(H,26,31). The van der Waals surface area contributed by atoms with E-state index in [4.69, 9.17) is 0 Å². The molecular weight excluding hydrogens is 454 g/mol. The van der Waals surface area contributed by atoms with Crippen LogP contribution >= 0.6 is 0 Å². The fraction of sp³-hybridized carbons (Fsp3) is 0.667. The zero-order valence-electron chi connectivity index (χ0n) is 20.2. The number of hydrogen-bond donors (Lipinski definition) is 2. The Labute approximate surface area is 203 Å². The monoisotopic (exact) mass is 493 g/mol. The molecule has 3 rings (SSSR count). The van der Waals surface area contributed by atoms with Crippen molar-refractivity contribution in [3.8, 4) is 0 Å². The molecular formula is C24H39N5O4S. The summed E-state index contributed by atoms with van der Waals surface area (Å²) < 4.78 is 27.6. The Morgan fingerprint density at radius 3 is 2.44 bits per heavy atom. The first-order valence-electron chi connectivity index (χ1n) is 12.4. The summed E-state index contributed by atoms with van der Waals surface area (Å²) in [6.45, 7) is 9.68.